The van der Waals surface area contributed by atoms with Crippen molar-refractivity contribution in [1.29, 1.82) is 0 Å². The van der Waals surface area contributed by atoms with Gasteiger partial charge in [-0.3, -0.25) is 4.79 Å². The van der Waals surface area contributed by atoms with Crippen LogP contribution in [0.3, 0.4) is 0 Å². The maximum Gasteiger partial charge on any atom is 0.242 e. The molecule has 1 aliphatic carbocycles. The van der Waals surface area contributed by atoms with E-state index < -0.39 is 9.84 Å². The smallest absolute Gasteiger partial charge is 0.242 e. The molecule has 0 unspecified atom stereocenters. The topological polar surface area (TPSA) is 72.3 Å². The lowest BCUT2D eigenvalue weighted by atomic mass is 10.3. The Labute approximate surface area is 148 Å². The van der Waals surface area contributed by atoms with Gasteiger partial charge in [0.05, 0.1) is 11.0 Å². The third-order valence-electron chi connectivity index (χ3n) is 4.44. The van der Waals surface area contributed by atoms with Crippen molar-refractivity contribution in [3.05, 3.63) is 30.1 Å². The van der Waals surface area contributed by atoms with Gasteiger partial charge in [-0.2, -0.15) is 0 Å². The first-order valence-corrected chi connectivity index (χ1v) is 10.8. The second-order valence-electron chi connectivity index (χ2n) is 6.96. The van der Waals surface area contributed by atoms with Crippen molar-refractivity contribution in [3.63, 3.8) is 0 Å². The van der Waals surface area contributed by atoms with E-state index in [1.807, 2.05) is 29.2 Å². The van der Waals surface area contributed by atoms with Gasteiger partial charge in [-0.25, -0.2) is 13.4 Å². The maximum atomic E-state index is 12.9. The predicted molar refractivity (Wildman–Crippen MR) is 97.9 cm³/mol. The van der Waals surface area contributed by atoms with Crippen LogP contribution in [0.25, 0.3) is 11.0 Å². The predicted octanol–water partition coefficient (Wildman–Crippen LogP) is 2.23. The molecule has 1 saturated carbocycles. The molecular weight excluding hydrogens is 338 g/mol. The minimum absolute atomic E-state index is 0.0339. The first-order chi connectivity index (χ1) is 11.9. The molecular formula is C18H25N3O3S. The molecule has 6 nitrogen and oxygen atoms in total. The molecule has 0 saturated heterocycles. The van der Waals surface area contributed by atoms with Crippen molar-refractivity contribution in [2.45, 2.75) is 38.5 Å². The van der Waals surface area contributed by atoms with Crippen molar-refractivity contribution >= 4 is 26.8 Å². The zero-order valence-electron chi connectivity index (χ0n) is 14.8. The van der Waals surface area contributed by atoms with E-state index in [1.165, 1.54) is 19.1 Å². The Balaban J connectivity index is 1.89. The average molecular weight is 363 g/mol. The van der Waals surface area contributed by atoms with Crippen LogP contribution in [-0.2, 0) is 26.9 Å². The molecule has 0 spiro atoms. The van der Waals surface area contributed by atoms with Crippen LogP contribution in [0.4, 0.5) is 0 Å². The fraction of sp³-hybridized carbons (Fsp3) is 0.556. The Hall–Kier alpha value is -1.89. The van der Waals surface area contributed by atoms with Crippen LogP contribution in [0.2, 0.25) is 0 Å². The average Bonchev–Trinajstić information content (AvgIpc) is 3.29. The van der Waals surface area contributed by atoms with Gasteiger partial charge in [-0.1, -0.05) is 19.1 Å². The number of carbonyl (C=O) groups excluding carboxylic acids is 1. The summed E-state index contributed by atoms with van der Waals surface area (Å²) in [7, 11) is -3.23. The minimum Gasteiger partial charge on any atom is -0.341 e. The number of para-hydroxylation sites is 2. The second-order valence-corrected chi connectivity index (χ2v) is 9.10. The molecule has 0 bridgehead atoms. The lowest BCUT2D eigenvalue weighted by Crippen LogP contribution is -2.36. The lowest BCUT2D eigenvalue weighted by molar-refractivity contribution is -0.132. The molecule has 2 aromatic rings. The van der Waals surface area contributed by atoms with Gasteiger partial charge in [0.2, 0.25) is 5.91 Å². The molecule has 1 aromatic carbocycles. The van der Waals surface area contributed by atoms with E-state index in [4.69, 9.17) is 0 Å². The van der Waals surface area contributed by atoms with Gasteiger partial charge in [0.1, 0.15) is 18.1 Å². The Morgan fingerprint density at radius 1 is 1.32 bits per heavy atom. The molecule has 0 atom stereocenters. The largest absolute Gasteiger partial charge is 0.341 e. The zero-order chi connectivity index (χ0) is 18.0. The number of carbonyl (C=O) groups is 1. The van der Waals surface area contributed by atoms with Crippen molar-refractivity contribution in [2.75, 3.05) is 19.3 Å². The Morgan fingerprint density at radius 2 is 2.04 bits per heavy atom. The molecule has 0 radical (unpaired) electrons. The molecule has 1 aromatic heterocycles. The number of rotatable bonds is 8. The summed E-state index contributed by atoms with van der Waals surface area (Å²) < 4.78 is 25.3. The van der Waals surface area contributed by atoms with Crippen LogP contribution in [0.1, 0.15) is 32.0 Å². The summed E-state index contributed by atoms with van der Waals surface area (Å²) in [5.41, 5.74) is 1.52. The van der Waals surface area contributed by atoms with Gasteiger partial charge in [0, 0.05) is 19.3 Å². The van der Waals surface area contributed by atoms with Crippen LogP contribution in [0.5, 0.6) is 0 Å². The van der Waals surface area contributed by atoms with Crippen LogP contribution in [0, 0.1) is 5.92 Å². The molecule has 0 N–H and O–H groups in total. The standard InChI is InChI=1S/C18H25N3O3S/c1-3-10-20(11-14-8-9-14)18(22)12-21-16-7-5-4-6-15(16)19-17(21)13-25(2,23)24/h4-7,14H,3,8-13H2,1-2H3. The first kappa shape index (κ1) is 17.9. The number of benzene rings is 1. The highest BCUT2D eigenvalue weighted by Gasteiger charge is 2.27. The molecule has 1 aliphatic rings. The monoisotopic (exact) mass is 363 g/mol. The number of aromatic nitrogens is 2. The highest BCUT2D eigenvalue weighted by Crippen LogP contribution is 2.30. The van der Waals surface area contributed by atoms with E-state index in [-0.39, 0.29) is 18.2 Å². The third kappa shape index (κ3) is 4.60. The van der Waals surface area contributed by atoms with E-state index in [2.05, 4.69) is 11.9 Å². The number of sulfone groups is 1. The van der Waals surface area contributed by atoms with Gasteiger partial charge in [0.15, 0.2) is 9.84 Å². The number of nitrogens with zero attached hydrogens (tertiary/aromatic N) is 3. The molecule has 1 fully saturated rings. The molecule has 7 heteroatoms. The summed E-state index contributed by atoms with van der Waals surface area (Å²) in [6, 6.07) is 7.47. The highest BCUT2D eigenvalue weighted by molar-refractivity contribution is 7.89. The quantitative estimate of drug-likeness (QED) is 0.721. The maximum absolute atomic E-state index is 12.9. The van der Waals surface area contributed by atoms with Gasteiger partial charge in [-0.15, -0.1) is 0 Å². The van der Waals surface area contributed by atoms with E-state index in [0.29, 0.717) is 11.7 Å². The van der Waals surface area contributed by atoms with E-state index in [9.17, 15) is 13.2 Å². The van der Waals surface area contributed by atoms with Gasteiger partial charge < -0.3 is 9.47 Å². The number of amides is 1. The van der Waals surface area contributed by atoms with Crippen molar-refractivity contribution in [3.8, 4) is 0 Å². The number of hydrogen-bond donors (Lipinski definition) is 0. The Kier molecular flexibility index (Phi) is 5.13. The van der Waals surface area contributed by atoms with Crippen LogP contribution in [-0.4, -0.2) is 48.1 Å². The minimum atomic E-state index is -3.23. The second kappa shape index (κ2) is 7.15. The Bertz CT molecular complexity index is 869. The highest BCUT2D eigenvalue weighted by atomic mass is 32.2. The van der Waals surface area contributed by atoms with Gasteiger partial charge in [-0.05, 0) is 37.3 Å². The SMILES string of the molecule is CCCN(CC1CC1)C(=O)Cn1c(CS(C)(=O)=O)nc2ccccc21. The third-order valence-corrected chi connectivity index (χ3v) is 5.22. The van der Waals surface area contributed by atoms with E-state index in [1.54, 1.807) is 4.57 Å². The summed E-state index contributed by atoms with van der Waals surface area (Å²) in [5, 5.41) is 0. The summed E-state index contributed by atoms with van der Waals surface area (Å²) in [4.78, 5) is 19.2. The van der Waals surface area contributed by atoms with Crippen molar-refractivity contribution in [2.24, 2.45) is 5.92 Å². The normalized spacial score (nSPS) is 14.8. The Morgan fingerprint density at radius 3 is 2.68 bits per heavy atom. The van der Waals surface area contributed by atoms with Crippen LogP contribution in [0.15, 0.2) is 24.3 Å². The van der Waals surface area contributed by atoms with Gasteiger partial charge in [0.25, 0.3) is 0 Å². The van der Waals surface area contributed by atoms with Gasteiger partial charge >= 0.3 is 0 Å². The van der Waals surface area contributed by atoms with Crippen LogP contribution >= 0.6 is 0 Å². The summed E-state index contributed by atoms with van der Waals surface area (Å²) in [6.45, 7) is 3.75. The zero-order valence-corrected chi connectivity index (χ0v) is 15.6. The number of fused-ring (bicyclic) bond motifs is 1. The number of imidazole rings is 1. The molecule has 3 rings (SSSR count). The fourth-order valence-electron chi connectivity index (χ4n) is 3.08. The molecule has 25 heavy (non-hydrogen) atoms. The van der Waals surface area contributed by atoms with Crippen molar-refractivity contribution < 1.29 is 13.2 Å². The molecule has 136 valence electrons. The first-order valence-electron chi connectivity index (χ1n) is 8.77. The summed E-state index contributed by atoms with van der Waals surface area (Å²) in [6.07, 6.45) is 4.50. The van der Waals surface area contributed by atoms with E-state index >= 15 is 0 Å². The summed E-state index contributed by atoms with van der Waals surface area (Å²) in [5.74, 6) is 0.933. The number of hydrogen-bond acceptors (Lipinski definition) is 4. The summed E-state index contributed by atoms with van der Waals surface area (Å²) >= 11 is 0. The van der Waals surface area contributed by atoms with E-state index in [0.717, 1.165) is 30.5 Å². The van der Waals surface area contributed by atoms with Crippen molar-refractivity contribution in [1.82, 2.24) is 14.5 Å². The fourth-order valence-corrected chi connectivity index (χ4v) is 3.77. The molecule has 1 amide bonds. The molecule has 1 heterocycles. The van der Waals surface area contributed by atoms with Crippen LogP contribution < -0.4 is 0 Å². The lowest BCUT2D eigenvalue weighted by Gasteiger charge is -2.23. The molecule has 0 aliphatic heterocycles.